The topological polar surface area (TPSA) is 38.3 Å². The molecule has 3 nitrogen and oxygen atoms in total. The van der Waals surface area contributed by atoms with Crippen LogP contribution in [0.15, 0.2) is 54.6 Å². The molecule has 0 unspecified atom stereocenters. The zero-order valence-electron chi connectivity index (χ0n) is 13.5. The van der Waals surface area contributed by atoms with Crippen molar-refractivity contribution in [1.82, 2.24) is 5.32 Å². The number of benzene rings is 2. The second kappa shape index (κ2) is 7.32. The number of carbonyl (C=O) groups excluding carboxylic acids is 1. The number of hydrogen-bond acceptors (Lipinski definition) is 2. The Labute approximate surface area is 137 Å². The highest BCUT2D eigenvalue weighted by molar-refractivity contribution is 5.94. The molecule has 2 aromatic carbocycles. The van der Waals surface area contributed by atoms with E-state index in [-0.39, 0.29) is 11.9 Å². The molecule has 3 rings (SSSR count). The fourth-order valence-electron chi connectivity index (χ4n) is 3.39. The van der Waals surface area contributed by atoms with E-state index in [0.29, 0.717) is 11.5 Å². The van der Waals surface area contributed by atoms with Crippen molar-refractivity contribution in [2.24, 2.45) is 5.92 Å². The van der Waals surface area contributed by atoms with E-state index in [1.165, 1.54) is 31.2 Å². The minimum absolute atomic E-state index is 0.0200. The Balaban J connectivity index is 1.78. The van der Waals surface area contributed by atoms with Gasteiger partial charge in [-0.3, -0.25) is 4.79 Å². The molecule has 0 heterocycles. The Morgan fingerprint density at radius 1 is 1.04 bits per heavy atom. The van der Waals surface area contributed by atoms with Crippen molar-refractivity contribution in [1.29, 1.82) is 0 Å². The molecule has 120 valence electrons. The van der Waals surface area contributed by atoms with E-state index in [1.807, 2.05) is 42.5 Å². The summed E-state index contributed by atoms with van der Waals surface area (Å²) in [4.78, 5) is 12.6. The van der Waals surface area contributed by atoms with Crippen LogP contribution in [0.5, 0.6) is 5.75 Å². The van der Waals surface area contributed by atoms with E-state index in [9.17, 15) is 4.79 Å². The predicted molar refractivity (Wildman–Crippen MR) is 91.6 cm³/mol. The maximum absolute atomic E-state index is 12.6. The summed E-state index contributed by atoms with van der Waals surface area (Å²) in [5.41, 5.74) is 1.87. The highest BCUT2D eigenvalue weighted by Gasteiger charge is 2.27. The summed E-state index contributed by atoms with van der Waals surface area (Å²) in [6.07, 6.45) is 4.88. The molecule has 1 N–H and O–H groups in total. The maximum Gasteiger partial charge on any atom is 0.251 e. The van der Waals surface area contributed by atoms with Crippen molar-refractivity contribution in [3.8, 4) is 5.75 Å². The molecule has 0 radical (unpaired) electrons. The lowest BCUT2D eigenvalue weighted by molar-refractivity contribution is 0.0921. The lowest BCUT2D eigenvalue weighted by Gasteiger charge is -2.25. The van der Waals surface area contributed by atoms with Crippen molar-refractivity contribution in [2.75, 3.05) is 7.11 Å². The van der Waals surface area contributed by atoms with Gasteiger partial charge in [-0.05, 0) is 48.6 Å². The summed E-state index contributed by atoms with van der Waals surface area (Å²) < 4.78 is 5.15. The van der Waals surface area contributed by atoms with Crippen LogP contribution in [0.4, 0.5) is 0 Å². The molecule has 0 aliphatic heterocycles. The first kappa shape index (κ1) is 15.6. The second-order valence-corrected chi connectivity index (χ2v) is 6.13. The van der Waals surface area contributed by atoms with E-state index < -0.39 is 0 Å². The number of nitrogens with one attached hydrogen (secondary N) is 1. The lowest BCUT2D eigenvalue weighted by atomic mass is 9.91. The summed E-state index contributed by atoms with van der Waals surface area (Å²) in [5.74, 6) is 1.27. The molecule has 0 spiro atoms. The molecule has 1 fully saturated rings. The van der Waals surface area contributed by atoms with E-state index in [2.05, 4.69) is 17.4 Å². The summed E-state index contributed by atoms with van der Waals surface area (Å²) >= 11 is 0. The summed E-state index contributed by atoms with van der Waals surface area (Å²) in [7, 11) is 1.63. The molecule has 2 aromatic rings. The Morgan fingerprint density at radius 2 is 1.70 bits per heavy atom. The van der Waals surface area contributed by atoms with Gasteiger partial charge in [0.1, 0.15) is 5.75 Å². The lowest BCUT2D eigenvalue weighted by Crippen LogP contribution is -2.32. The third kappa shape index (κ3) is 3.73. The molecule has 0 saturated heterocycles. The van der Waals surface area contributed by atoms with Crippen LogP contribution in [0.1, 0.15) is 47.6 Å². The van der Waals surface area contributed by atoms with Crippen molar-refractivity contribution >= 4 is 5.91 Å². The molecule has 0 bridgehead atoms. The number of ether oxygens (including phenoxy) is 1. The molecular weight excluding hydrogens is 286 g/mol. The maximum atomic E-state index is 12.6. The average Bonchev–Trinajstić information content (AvgIpc) is 3.14. The van der Waals surface area contributed by atoms with Gasteiger partial charge >= 0.3 is 0 Å². The van der Waals surface area contributed by atoms with Gasteiger partial charge in [-0.2, -0.15) is 0 Å². The molecule has 1 aliphatic carbocycles. The van der Waals surface area contributed by atoms with Gasteiger partial charge in [0.15, 0.2) is 0 Å². The largest absolute Gasteiger partial charge is 0.497 e. The first-order valence-corrected chi connectivity index (χ1v) is 8.28. The van der Waals surface area contributed by atoms with Gasteiger partial charge in [0, 0.05) is 5.56 Å². The Bertz CT molecular complexity index is 630. The first-order valence-electron chi connectivity index (χ1n) is 8.28. The Morgan fingerprint density at radius 3 is 2.30 bits per heavy atom. The van der Waals surface area contributed by atoms with Gasteiger partial charge in [0.25, 0.3) is 5.91 Å². The van der Waals surface area contributed by atoms with Crippen molar-refractivity contribution in [2.45, 2.75) is 31.7 Å². The minimum atomic E-state index is -0.0200. The SMILES string of the molecule is COc1ccc(C(=O)N[C@H](c2ccccc2)C2CCCC2)cc1. The first-order chi connectivity index (χ1) is 11.3. The average molecular weight is 309 g/mol. The quantitative estimate of drug-likeness (QED) is 0.891. The normalized spacial score (nSPS) is 16.0. The molecule has 0 aromatic heterocycles. The predicted octanol–water partition coefficient (Wildman–Crippen LogP) is 4.36. The third-order valence-corrected chi connectivity index (χ3v) is 4.67. The van der Waals surface area contributed by atoms with Gasteiger partial charge in [-0.25, -0.2) is 0 Å². The van der Waals surface area contributed by atoms with E-state index >= 15 is 0 Å². The number of hydrogen-bond donors (Lipinski definition) is 1. The number of rotatable bonds is 5. The van der Waals surface area contributed by atoms with Gasteiger partial charge in [-0.15, -0.1) is 0 Å². The van der Waals surface area contributed by atoms with Crippen molar-refractivity contribution < 1.29 is 9.53 Å². The van der Waals surface area contributed by atoms with Gasteiger partial charge in [0.05, 0.1) is 13.2 Å². The molecule has 23 heavy (non-hydrogen) atoms. The van der Waals surface area contributed by atoms with Crippen LogP contribution in [-0.4, -0.2) is 13.0 Å². The molecule has 1 aliphatic rings. The monoisotopic (exact) mass is 309 g/mol. The fraction of sp³-hybridized carbons (Fsp3) is 0.350. The summed E-state index contributed by atoms with van der Waals surface area (Å²) in [6.45, 7) is 0. The number of amides is 1. The van der Waals surface area contributed by atoms with Crippen LogP contribution < -0.4 is 10.1 Å². The molecule has 1 saturated carbocycles. The highest BCUT2D eigenvalue weighted by atomic mass is 16.5. The Kier molecular flexibility index (Phi) is 4.96. The van der Waals surface area contributed by atoms with Crippen LogP contribution in [0.25, 0.3) is 0 Å². The standard InChI is InChI=1S/C20H23NO2/c1-23-18-13-11-17(12-14-18)20(22)21-19(16-9-5-6-10-16)15-7-3-2-4-8-15/h2-4,7-8,11-14,16,19H,5-6,9-10H2,1H3,(H,21,22)/t19-/m1/s1. The van der Waals surface area contributed by atoms with Crippen LogP contribution in [0, 0.1) is 5.92 Å². The van der Waals surface area contributed by atoms with Gasteiger partial charge < -0.3 is 10.1 Å². The molecule has 1 amide bonds. The summed E-state index contributed by atoms with van der Waals surface area (Å²) in [5, 5.41) is 3.25. The minimum Gasteiger partial charge on any atom is -0.497 e. The third-order valence-electron chi connectivity index (χ3n) is 4.67. The highest BCUT2D eigenvalue weighted by Crippen LogP contribution is 2.35. The van der Waals surface area contributed by atoms with Crippen molar-refractivity contribution in [3.63, 3.8) is 0 Å². The van der Waals surface area contributed by atoms with Gasteiger partial charge in [0.2, 0.25) is 0 Å². The summed E-state index contributed by atoms with van der Waals surface area (Å²) in [6, 6.07) is 17.7. The molecular formula is C20H23NO2. The zero-order valence-corrected chi connectivity index (χ0v) is 13.5. The zero-order chi connectivity index (χ0) is 16.1. The van der Waals surface area contributed by atoms with Crippen LogP contribution in [0.3, 0.4) is 0 Å². The number of carbonyl (C=O) groups is 1. The molecule has 1 atom stereocenters. The van der Waals surface area contributed by atoms with E-state index in [1.54, 1.807) is 7.11 Å². The van der Waals surface area contributed by atoms with E-state index in [0.717, 1.165) is 5.75 Å². The van der Waals surface area contributed by atoms with Crippen LogP contribution >= 0.6 is 0 Å². The van der Waals surface area contributed by atoms with Crippen LogP contribution in [-0.2, 0) is 0 Å². The van der Waals surface area contributed by atoms with E-state index in [4.69, 9.17) is 4.74 Å². The second-order valence-electron chi connectivity index (χ2n) is 6.13. The van der Waals surface area contributed by atoms with Gasteiger partial charge in [-0.1, -0.05) is 43.2 Å². The smallest absolute Gasteiger partial charge is 0.251 e. The van der Waals surface area contributed by atoms with Crippen LogP contribution in [0.2, 0.25) is 0 Å². The number of methoxy groups -OCH3 is 1. The fourth-order valence-corrected chi connectivity index (χ4v) is 3.39. The molecule has 3 heteroatoms. The Hall–Kier alpha value is -2.29. The van der Waals surface area contributed by atoms with Crippen molar-refractivity contribution in [3.05, 3.63) is 65.7 Å².